The zero-order chi connectivity index (χ0) is 20.1. The Balaban J connectivity index is 1.59. The van der Waals surface area contributed by atoms with Crippen LogP contribution in [0.15, 0.2) is 35.7 Å². The van der Waals surface area contributed by atoms with Crippen LogP contribution in [-0.4, -0.2) is 72.7 Å². The van der Waals surface area contributed by atoms with Gasteiger partial charge in [-0.15, -0.1) is 10.2 Å². The van der Waals surface area contributed by atoms with Crippen LogP contribution in [0.5, 0.6) is 5.75 Å². The maximum atomic E-state index is 12.7. The Hall–Kier alpha value is -2.46. The second kappa shape index (κ2) is 8.70. The van der Waals surface area contributed by atoms with Gasteiger partial charge in [0.2, 0.25) is 15.0 Å². The second-order valence-corrected chi connectivity index (χ2v) is 8.75. The highest BCUT2D eigenvalue weighted by molar-refractivity contribution is 7.91. The molecule has 1 saturated heterocycles. The molecule has 1 amide bonds. The number of carbonyl (C=O) groups excluding carboxylic acids is 1. The van der Waals surface area contributed by atoms with Gasteiger partial charge < -0.3 is 18.9 Å². The van der Waals surface area contributed by atoms with E-state index >= 15 is 0 Å². The molecular formula is C18H24N4O5S. The quantitative estimate of drug-likeness (QED) is 0.628. The zero-order valence-corrected chi connectivity index (χ0v) is 16.8. The summed E-state index contributed by atoms with van der Waals surface area (Å²) in [4.78, 5) is 14.4. The molecule has 1 fully saturated rings. The van der Waals surface area contributed by atoms with Gasteiger partial charge in [0.15, 0.2) is 0 Å². The van der Waals surface area contributed by atoms with Crippen LogP contribution in [-0.2, 0) is 21.6 Å². The third-order valence-corrected chi connectivity index (χ3v) is 6.98. The van der Waals surface area contributed by atoms with Crippen LogP contribution < -0.4 is 4.74 Å². The van der Waals surface area contributed by atoms with Crippen LogP contribution in [0.3, 0.4) is 0 Å². The molecule has 9 nitrogen and oxygen atoms in total. The number of likely N-dealkylation sites (tertiary alicyclic amines) is 1. The largest absolute Gasteiger partial charge is 0.491 e. The van der Waals surface area contributed by atoms with E-state index in [4.69, 9.17) is 9.47 Å². The first-order chi connectivity index (χ1) is 13.4. The molecule has 28 heavy (non-hydrogen) atoms. The van der Waals surface area contributed by atoms with Crippen molar-refractivity contribution >= 4 is 15.7 Å². The molecule has 0 unspecified atom stereocenters. The first-order valence-corrected chi connectivity index (χ1v) is 10.6. The minimum Gasteiger partial charge on any atom is -0.491 e. The van der Waals surface area contributed by atoms with E-state index in [0.717, 1.165) is 0 Å². The van der Waals surface area contributed by atoms with Gasteiger partial charge in [0, 0.05) is 32.8 Å². The number of rotatable bonds is 7. The zero-order valence-electron chi connectivity index (χ0n) is 15.9. The SMILES string of the molecule is COCCOc1ccc(C(=O)N2CCC(S(=O)(=O)c3nncn3C)CC2)cc1. The third-order valence-electron chi connectivity index (χ3n) is 4.75. The predicted molar refractivity (Wildman–Crippen MR) is 101 cm³/mol. The van der Waals surface area contributed by atoms with Gasteiger partial charge in [-0.2, -0.15) is 0 Å². The van der Waals surface area contributed by atoms with Gasteiger partial charge in [-0.05, 0) is 37.1 Å². The Kier molecular flexibility index (Phi) is 6.30. The lowest BCUT2D eigenvalue weighted by Gasteiger charge is -2.31. The molecule has 152 valence electrons. The second-order valence-electron chi connectivity index (χ2n) is 6.63. The van der Waals surface area contributed by atoms with Crippen LogP contribution in [0.4, 0.5) is 0 Å². The van der Waals surface area contributed by atoms with Crippen molar-refractivity contribution in [3.8, 4) is 5.75 Å². The molecule has 0 aliphatic carbocycles. The van der Waals surface area contributed by atoms with E-state index < -0.39 is 15.1 Å². The van der Waals surface area contributed by atoms with Crippen molar-refractivity contribution in [1.29, 1.82) is 0 Å². The maximum Gasteiger partial charge on any atom is 0.253 e. The summed E-state index contributed by atoms with van der Waals surface area (Å²) in [5, 5.41) is 6.79. The lowest BCUT2D eigenvalue weighted by molar-refractivity contribution is 0.0725. The number of methoxy groups -OCH3 is 1. The normalized spacial score (nSPS) is 15.6. The minimum atomic E-state index is -3.56. The fourth-order valence-corrected chi connectivity index (χ4v) is 4.91. The summed E-state index contributed by atoms with van der Waals surface area (Å²) in [6.07, 6.45) is 2.12. The number of aryl methyl sites for hydroxylation is 1. The maximum absolute atomic E-state index is 12.7. The highest BCUT2D eigenvalue weighted by Gasteiger charge is 2.35. The highest BCUT2D eigenvalue weighted by atomic mass is 32.2. The van der Waals surface area contributed by atoms with Crippen molar-refractivity contribution in [3.63, 3.8) is 0 Å². The summed E-state index contributed by atoms with van der Waals surface area (Å²) in [6.45, 7) is 1.70. The molecule has 3 rings (SSSR count). The molecule has 0 radical (unpaired) electrons. The molecule has 1 aromatic carbocycles. The number of piperidine rings is 1. The van der Waals surface area contributed by atoms with Gasteiger partial charge in [0.25, 0.3) is 5.91 Å². The minimum absolute atomic E-state index is 0.0265. The van der Waals surface area contributed by atoms with E-state index in [1.54, 1.807) is 43.3 Å². The number of hydrogen-bond donors (Lipinski definition) is 0. The highest BCUT2D eigenvalue weighted by Crippen LogP contribution is 2.24. The van der Waals surface area contributed by atoms with Crippen molar-refractivity contribution in [3.05, 3.63) is 36.2 Å². The van der Waals surface area contributed by atoms with E-state index in [1.165, 1.54) is 10.9 Å². The Labute approximate surface area is 164 Å². The average molecular weight is 408 g/mol. The van der Waals surface area contributed by atoms with Gasteiger partial charge in [0.1, 0.15) is 18.7 Å². The molecular weight excluding hydrogens is 384 g/mol. The number of hydrogen-bond acceptors (Lipinski definition) is 7. The fraction of sp³-hybridized carbons (Fsp3) is 0.500. The van der Waals surface area contributed by atoms with Crippen molar-refractivity contribution in [2.75, 3.05) is 33.4 Å². The molecule has 0 N–H and O–H groups in total. The first kappa shape index (κ1) is 20.3. The lowest BCUT2D eigenvalue weighted by atomic mass is 10.1. The topological polar surface area (TPSA) is 104 Å². The number of sulfone groups is 1. The van der Waals surface area contributed by atoms with E-state index in [2.05, 4.69) is 10.2 Å². The molecule has 1 aromatic heterocycles. The van der Waals surface area contributed by atoms with Crippen LogP contribution >= 0.6 is 0 Å². The van der Waals surface area contributed by atoms with Crippen LogP contribution in [0.2, 0.25) is 0 Å². The molecule has 2 heterocycles. The number of benzene rings is 1. The number of nitrogens with zero attached hydrogens (tertiary/aromatic N) is 4. The van der Waals surface area contributed by atoms with Crippen molar-refractivity contribution in [1.82, 2.24) is 19.7 Å². The van der Waals surface area contributed by atoms with E-state index in [-0.39, 0.29) is 11.1 Å². The van der Waals surface area contributed by atoms with E-state index in [1.807, 2.05) is 0 Å². The summed E-state index contributed by atoms with van der Waals surface area (Å²) >= 11 is 0. The molecule has 0 bridgehead atoms. The van der Waals surface area contributed by atoms with Crippen molar-refractivity contribution in [2.24, 2.45) is 7.05 Å². The van der Waals surface area contributed by atoms with Crippen LogP contribution in [0.1, 0.15) is 23.2 Å². The number of carbonyl (C=O) groups is 1. The Morgan fingerprint density at radius 1 is 1.18 bits per heavy atom. The van der Waals surface area contributed by atoms with Gasteiger partial charge in [-0.3, -0.25) is 4.79 Å². The molecule has 1 aliphatic rings. The summed E-state index contributed by atoms with van der Waals surface area (Å²) in [6, 6.07) is 6.92. The molecule has 2 aromatic rings. The summed E-state index contributed by atoms with van der Waals surface area (Å²) in [5.41, 5.74) is 0.550. The van der Waals surface area contributed by atoms with E-state index in [9.17, 15) is 13.2 Å². The third kappa shape index (κ3) is 4.33. The Bertz CT molecular complexity index is 902. The van der Waals surface area contributed by atoms with Gasteiger partial charge in [0.05, 0.1) is 11.9 Å². The Morgan fingerprint density at radius 3 is 2.43 bits per heavy atom. The van der Waals surface area contributed by atoms with E-state index in [0.29, 0.717) is 50.5 Å². The smallest absolute Gasteiger partial charge is 0.253 e. The molecule has 1 aliphatic heterocycles. The first-order valence-electron chi connectivity index (χ1n) is 9.02. The van der Waals surface area contributed by atoms with Crippen molar-refractivity contribution < 1.29 is 22.7 Å². The van der Waals surface area contributed by atoms with Gasteiger partial charge in [-0.25, -0.2) is 8.42 Å². The summed E-state index contributed by atoms with van der Waals surface area (Å²) in [5.74, 6) is 0.556. The molecule has 0 saturated carbocycles. The van der Waals surface area contributed by atoms with Gasteiger partial charge in [-0.1, -0.05) is 0 Å². The fourth-order valence-electron chi connectivity index (χ4n) is 3.17. The van der Waals surface area contributed by atoms with Crippen LogP contribution in [0.25, 0.3) is 0 Å². The predicted octanol–water partition coefficient (Wildman–Crippen LogP) is 0.919. The molecule has 0 spiro atoms. The lowest BCUT2D eigenvalue weighted by Crippen LogP contribution is -2.42. The average Bonchev–Trinajstić information content (AvgIpc) is 3.15. The number of ether oxygens (including phenoxy) is 2. The number of amides is 1. The molecule has 10 heteroatoms. The monoisotopic (exact) mass is 408 g/mol. The molecule has 0 atom stereocenters. The summed E-state index contributed by atoms with van der Waals surface area (Å²) in [7, 11) is -0.346. The van der Waals surface area contributed by atoms with Crippen molar-refractivity contribution in [2.45, 2.75) is 23.2 Å². The Morgan fingerprint density at radius 2 is 1.86 bits per heavy atom. The van der Waals surface area contributed by atoms with Crippen LogP contribution in [0, 0.1) is 0 Å². The summed E-state index contributed by atoms with van der Waals surface area (Å²) < 4.78 is 37.3. The number of aromatic nitrogens is 3. The van der Waals surface area contributed by atoms with Gasteiger partial charge >= 0.3 is 0 Å². The standard InChI is InChI=1S/C18H24N4O5S/c1-21-13-19-20-18(21)28(24,25)16-7-9-22(10-8-16)17(23)14-3-5-15(6-4-14)27-12-11-26-2/h3-6,13,16H,7-12H2,1-2H3.